The van der Waals surface area contributed by atoms with Crippen molar-refractivity contribution in [1.29, 1.82) is 0 Å². The topological polar surface area (TPSA) is 72.5 Å². The third-order valence-electron chi connectivity index (χ3n) is 1.89. The van der Waals surface area contributed by atoms with Crippen molar-refractivity contribution in [3.8, 4) is 0 Å². The number of esters is 1. The first-order chi connectivity index (χ1) is 7.69. The van der Waals surface area contributed by atoms with Crippen molar-refractivity contribution in [3.63, 3.8) is 0 Å². The van der Waals surface area contributed by atoms with Gasteiger partial charge in [0.05, 0.1) is 19.2 Å². The van der Waals surface area contributed by atoms with Gasteiger partial charge in [0.2, 0.25) is 6.29 Å². The Morgan fingerprint density at radius 2 is 1.81 bits per heavy atom. The van der Waals surface area contributed by atoms with Crippen LogP contribution >= 0.6 is 0 Å². The fraction of sp³-hybridized carbons (Fsp3) is 0.182. The summed E-state index contributed by atoms with van der Waals surface area (Å²) < 4.78 is 4.51. The van der Waals surface area contributed by atoms with Gasteiger partial charge in [-0.05, 0) is 24.3 Å². The van der Waals surface area contributed by atoms with Crippen LogP contribution in [0, 0.1) is 0 Å². The number of rotatable bonds is 4. The minimum atomic E-state index is -0.465. The van der Waals surface area contributed by atoms with E-state index in [1.54, 1.807) is 6.29 Å². The largest absolute Gasteiger partial charge is 0.465 e. The third-order valence-corrected chi connectivity index (χ3v) is 1.89. The molecule has 0 saturated heterocycles. The highest BCUT2D eigenvalue weighted by atomic mass is 16.5. The number of carbonyl (C=O) groups is 2. The smallest absolute Gasteiger partial charge is 0.337 e. The molecule has 0 atom stereocenters. The van der Waals surface area contributed by atoms with Gasteiger partial charge in [0.15, 0.2) is 0 Å². The molecule has 5 nitrogen and oxygen atoms in total. The number of hydrogen-bond donors (Lipinski definition) is 1. The molecule has 0 bridgehead atoms. The van der Waals surface area contributed by atoms with E-state index in [9.17, 15) is 14.4 Å². The first-order valence-corrected chi connectivity index (χ1v) is 4.50. The van der Waals surface area contributed by atoms with Crippen molar-refractivity contribution in [2.75, 3.05) is 13.7 Å². The van der Waals surface area contributed by atoms with E-state index in [4.69, 9.17) is 0 Å². The van der Waals surface area contributed by atoms with E-state index in [-0.39, 0.29) is 12.5 Å². The molecule has 16 heavy (non-hydrogen) atoms. The summed E-state index contributed by atoms with van der Waals surface area (Å²) in [5, 5.41) is 2.33. The molecule has 0 aliphatic heterocycles. The minimum absolute atomic E-state index is 0.155. The summed E-state index contributed by atoms with van der Waals surface area (Å²) >= 11 is 0. The maximum absolute atomic E-state index is 11.3. The van der Waals surface area contributed by atoms with E-state index in [1.807, 2.05) is 0 Å². The number of nitrogens with one attached hydrogen (secondary N) is 1. The van der Waals surface area contributed by atoms with Gasteiger partial charge in [-0.25, -0.2) is 4.79 Å². The van der Waals surface area contributed by atoms with Gasteiger partial charge < -0.3 is 10.1 Å². The predicted octanol–water partition coefficient (Wildman–Crippen LogP) is 0.313. The van der Waals surface area contributed by atoms with Crippen LogP contribution in [0.3, 0.4) is 0 Å². The van der Waals surface area contributed by atoms with Crippen molar-refractivity contribution < 1.29 is 19.1 Å². The Hall–Kier alpha value is -2.17. The Bertz CT molecular complexity index is 397. The number of hydrogen-bond acceptors (Lipinski definition) is 4. The zero-order valence-electron chi connectivity index (χ0n) is 8.65. The molecule has 0 aliphatic rings. The highest BCUT2D eigenvalue weighted by Crippen LogP contribution is 2.05. The molecule has 1 aromatic carbocycles. The quantitative estimate of drug-likeness (QED) is 0.741. The number of amides is 1. The van der Waals surface area contributed by atoms with E-state index >= 15 is 0 Å². The van der Waals surface area contributed by atoms with E-state index in [0.29, 0.717) is 11.1 Å². The second-order valence-corrected chi connectivity index (χ2v) is 2.90. The molecule has 1 amide bonds. The van der Waals surface area contributed by atoms with E-state index < -0.39 is 5.97 Å². The van der Waals surface area contributed by atoms with Crippen LogP contribution in [0.5, 0.6) is 0 Å². The van der Waals surface area contributed by atoms with Crippen molar-refractivity contribution >= 4 is 18.2 Å². The molecule has 1 N–H and O–H groups in total. The molecule has 0 saturated carbocycles. The molecule has 1 aromatic rings. The van der Waals surface area contributed by atoms with Gasteiger partial charge in [-0.1, -0.05) is 0 Å². The van der Waals surface area contributed by atoms with E-state index in [1.165, 1.54) is 31.4 Å². The summed E-state index contributed by atoms with van der Waals surface area (Å²) in [6.45, 7) is -0.155. The molecule has 0 aliphatic carbocycles. The van der Waals surface area contributed by atoms with Gasteiger partial charge in [-0.2, -0.15) is 0 Å². The molecule has 1 rings (SSSR count). The third kappa shape index (κ3) is 2.91. The summed E-state index contributed by atoms with van der Waals surface area (Å²) in [5.74, 6) is -0.854. The molecule has 0 aromatic heterocycles. The van der Waals surface area contributed by atoms with Crippen LogP contribution in [0.25, 0.3) is 0 Å². The molecule has 0 heterocycles. The average molecular weight is 220 g/mol. The molecule has 0 unspecified atom stereocenters. The lowest BCUT2D eigenvalue weighted by Crippen LogP contribution is -2.25. The van der Waals surface area contributed by atoms with Gasteiger partial charge in [0, 0.05) is 5.56 Å². The van der Waals surface area contributed by atoms with E-state index in [0.717, 1.165) is 0 Å². The summed E-state index contributed by atoms with van der Waals surface area (Å²) in [6, 6.07) is 5.91. The Morgan fingerprint density at radius 1 is 1.25 bits per heavy atom. The second kappa shape index (κ2) is 5.65. The lowest BCUT2D eigenvalue weighted by atomic mass is 10.1. The minimum Gasteiger partial charge on any atom is -0.465 e. The summed E-state index contributed by atoms with van der Waals surface area (Å²) in [6.07, 6.45) is 1.55. The Balaban J connectivity index is 2.74. The van der Waals surface area contributed by atoms with Crippen LogP contribution in [0.15, 0.2) is 24.3 Å². The first kappa shape index (κ1) is 11.9. The van der Waals surface area contributed by atoms with Crippen LogP contribution in [-0.2, 0) is 9.53 Å². The van der Waals surface area contributed by atoms with Gasteiger partial charge in [0.1, 0.15) is 0 Å². The van der Waals surface area contributed by atoms with Crippen molar-refractivity contribution in [3.05, 3.63) is 35.4 Å². The highest BCUT2D eigenvalue weighted by molar-refractivity contribution is 5.96. The lowest BCUT2D eigenvalue weighted by molar-refractivity contribution is 0.0600. The van der Waals surface area contributed by atoms with Crippen LogP contribution < -0.4 is 5.32 Å². The molecule has 5 heteroatoms. The molecule has 83 valence electrons. The van der Waals surface area contributed by atoms with Gasteiger partial charge in [0.25, 0.3) is 5.91 Å². The summed E-state index contributed by atoms with van der Waals surface area (Å²) in [4.78, 5) is 32.4. The Labute approximate surface area is 92.4 Å². The summed E-state index contributed by atoms with van der Waals surface area (Å²) in [7, 11) is 1.28. The second-order valence-electron chi connectivity index (χ2n) is 2.90. The fourth-order valence-corrected chi connectivity index (χ4v) is 1.09. The van der Waals surface area contributed by atoms with E-state index in [2.05, 4.69) is 10.1 Å². The maximum atomic E-state index is 11.3. The molecular weight excluding hydrogens is 210 g/mol. The maximum Gasteiger partial charge on any atom is 0.337 e. The number of methoxy groups -OCH3 is 1. The molecular formula is C11H10NO4. The highest BCUT2D eigenvalue weighted by Gasteiger charge is 2.08. The average Bonchev–Trinajstić information content (AvgIpc) is 2.35. The van der Waals surface area contributed by atoms with Crippen LogP contribution in [0.4, 0.5) is 0 Å². The molecule has 0 spiro atoms. The Morgan fingerprint density at radius 3 is 2.31 bits per heavy atom. The number of ether oxygens (including phenoxy) is 1. The Kier molecular flexibility index (Phi) is 4.20. The van der Waals surface area contributed by atoms with Crippen molar-refractivity contribution in [1.82, 2.24) is 5.32 Å². The summed E-state index contributed by atoms with van der Waals surface area (Å²) in [5.41, 5.74) is 0.726. The first-order valence-electron chi connectivity index (χ1n) is 4.50. The van der Waals surface area contributed by atoms with Crippen LogP contribution in [0.1, 0.15) is 20.7 Å². The molecule has 0 fully saturated rings. The SMILES string of the molecule is COC(=O)c1ccc(C(=O)NC[C]=O)cc1. The monoisotopic (exact) mass is 220 g/mol. The molecule has 1 radical (unpaired) electrons. The number of carbonyl (C=O) groups excluding carboxylic acids is 3. The number of benzene rings is 1. The normalized spacial score (nSPS) is 9.31. The zero-order valence-corrected chi connectivity index (χ0v) is 8.65. The predicted molar refractivity (Wildman–Crippen MR) is 55.8 cm³/mol. The standard InChI is InChI=1S/C11H10NO4/c1-16-11(15)9-4-2-8(3-5-9)10(14)12-6-7-13/h2-5H,6H2,1H3,(H,12,14). The zero-order chi connectivity index (χ0) is 12.0. The van der Waals surface area contributed by atoms with Gasteiger partial charge >= 0.3 is 5.97 Å². The lowest BCUT2D eigenvalue weighted by Gasteiger charge is -2.02. The van der Waals surface area contributed by atoms with Gasteiger partial charge in [-0.15, -0.1) is 0 Å². The van der Waals surface area contributed by atoms with Crippen LogP contribution in [0.2, 0.25) is 0 Å². The van der Waals surface area contributed by atoms with Crippen LogP contribution in [-0.4, -0.2) is 31.8 Å². The van der Waals surface area contributed by atoms with Crippen molar-refractivity contribution in [2.24, 2.45) is 0 Å². The fourth-order valence-electron chi connectivity index (χ4n) is 1.09. The van der Waals surface area contributed by atoms with Crippen molar-refractivity contribution in [2.45, 2.75) is 0 Å². The van der Waals surface area contributed by atoms with Gasteiger partial charge in [-0.3, -0.25) is 9.59 Å².